The van der Waals surface area contributed by atoms with Gasteiger partial charge in [0, 0.05) is 6.54 Å². The first-order chi connectivity index (χ1) is 16.0. The van der Waals surface area contributed by atoms with Crippen molar-refractivity contribution < 1.29 is 22.8 Å². The normalized spacial score (nSPS) is 11.4. The van der Waals surface area contributed by atoms with E-state index in [0.717, 1.165) is 23.3 Å². The molecule has 0 spiro atoms. The number of aryl methyl sites for hydroxylation is 2. The van der Waals surface area contributed by atoms with E-state index in [4.69, 9.17) is 11.6 Å². The number of likely N-dealkylation sites (N-methyl/N-ethyl adjacent to an activating group) is 1. The predicted octanol–water partition coefficient (Wildman–Crippen LogP) is 5.32. The molecule has 0 aliphatic rings. The van der Waals surface area contributed by atoms with E-state index in [1.165, 1.54) is 21.7 Å². The van der Waals surface area contributed by atoms with Crippen molar-refractivity contribution >= 4 is 29.1 Å². The fourth-order valence-corrected chi connectivity index (χ4v) is 3.77. The van der Waals surface area contributed by atoms with Crippen molar-refractivity contribution in [1.82, 2.24) is 14.7 Å². The molecule has 0 saturated carbocycles. The number of amides is 2. The van der Waals surface area contributed by atoms with Crippen molar-refractivity contribution in [1.29, 1.82) is 0 Å². The SMILES string of the molecule is CCN(CC(=O)Nc1ccccc1C(F)(F)F)C(=O)c1c(C)nn(Cc2ccc(C)cc2)c1Cl. The molecule has 1 heterocycles. The lowest BCUT2D eigenvalue weighted by atomic mass is 10.1. The zero-order valence-electron chi connectivity index (χ0n) is 18.9. The minimum absolute atomic E-state index is 0.129. The molecule has 0 aliphatic carbocycles. The lowest BCUT2D eigenvalue weighted by molar-refractivity contribution is -0.137. The van der Waals surface area contributed by atoms with E-state index in [9.17, 15) is 22.8 Å². The molecular formula is C24H24ClF3N4O2. The van der Waals surface area contributed by atoms with Crippen molar-refractivity contribution in [2.45, 2.75) is 33.5 Å². The van der Waals surface area contributed by atoms with Crippen LogP contribution in [0.25, 0.3) is 0 Å². The van der Waals surface area contributed by atoms with Gasteiger partial charge in [0.15, 0.2) is 0 Å². The van der Waals surface area contributed by atoms with E-state index in [-0.39, 0.29) is 22.9 Å². The van der Waals surface area contributed by atoms with Crippen LogP contribution < -0.4 is 5.32 Å². The number of aromatic nitrogens is 2. The number of benzene rings is 2. The Balaban J connectivity index is 1.76. The van der Waals surface area contributed by atoms with Crippen LogP contribution in [0.1, 0.15) is 39.7 Å². The first-order valence-electron chi connectivity index (χ1n) is 10.5. The standard InChI is InChI=1S/C24H24ClF3N4O2/c1-4-31(14-20(33)29-19-8-6-5-7-18(19)24(26,27)28)23(34)21-16(3)30-32(22(21)25)13-17-11-9-15(2)10-12-17/h5-12H,4,13-14H2,1-3H3,(H,29,33). The van der Waals surface area contributed by atoms with Gasteiger partial charge >= 0.3 is 6.18 Å². The summed E-state index contributed by atoms with van der Waals surface area (Å²) in [5.41, 5.74) is 1.27. The largest absolute Gasteiger partial charge is 0.418 e. The molecule has 2 aromatic carbocycles. The second-order valence-corrected chi connectivity index (χ2v) is 8.16. The zero-order chi connectivity index (χ0) is 25.0. The van der Waals surface area contributed by atoms with Crippen LogP contribution in [0.2, 0.25) is 5.15 Å². The Morgan fingerprint density at radius 3 is 2.35 bits per heavy atom. The van der Waals surface area contributed by atoms with Crippen LogP contribution in [0.15, 0.2) is 48.5 Å². The topological polar surface area (TPSA) is 67.2 Å². The maximum absolute atomic E-state index is 13.2. The van der Waals surface area contributed by atoms with Crippen molar-refractivity contribution in [3.8, 4) is 0 Å². The number of hydrogen-bond donors (Lipinski definition) is 1. The van der Waals surface area contributed by atoms with Gasteiger partial charge in [0.1, 0.15) is 11.7 Å². The number of halogens is 4. The third-order valence-corrected chi connectivity index (χ3v) is 5.63. The summed E-state index contributed by atoms with van der Waals surface area (Å²) < 4.78 is 41.1. The lowest BCUT2D eigenvalue weighted by Gasteiger charge is -2.21. The number of hydrogen-bond acceptors (Lipinski definition) is 3. The fraction of sp³-hybridized carbons (Fsp3) is 0.292. The third-order valence-electron chi connectivity index (χ3n) is 5.24. The first-order valence-corrected chi connectivity index (χ1v) is 10.9. The Morgan fingerprint density at radius 2 is 1.74 bits per heavy atom. The molecule has 10 heteroatoms. The van der Waals surface area contributed by atoms with Crippen LogP contribution >= 0.6 is 11.6 Å². The van der Waals surface area contributed by atoms with E-state index in [0.29, 0.717) is 12.2 Å². The molecule has 6 nitrogen and oxygen atoms in total. The molecule has 1 N–H and O–H groups in total. The Labute approximate surface area is 200 Å². The van der Waals surface area contributed by atoms with Gasteiger partial charge in [-0.1, -0.05) is 53.6 Å². The molecule has 1 aromatic heterocycles. The smallest absolute Gasteiger partial charge is 0.329 e. The number of nitrogens with one attached hydrogen (secondary N) is 1. The van der Waals surface area contributed by atoms with Gasteiger partial charge in [-0.05, 0) is 38.5 Å². The van der Waals surface area contributed by atoms with Crippen molar-refractivity contribution in [2.24, 2.45) is 0 Å². The molecule has 0 atom stereocenters. The zero-order valence-corrected chi connectivity index (χ0v) is 19.7. The van der Waals surface area contributed by atoms with E-state index < -0.39 is 30.1 Å². The van der Waals surface area contributed by atoms with Gasteiger partial charge in [-0.15, -0.1) is 0 Å². The number of carbonyl (C=O) groups excluding carboxylic acids is 2. The highest BCUT2D eigenvalue weighted by Gasteiger charge is 2.34. The van der Waals surface area contributed by atoms with Gasteiger partial charge in [-0.25, -0.2) is 4.68 Å². The average Bonchev–Trinajstić information content (AvgIpc) is 3.05. The summed E-state index contributed by atoms with van der Waals surface area (Å²) in [7, 11) is 0. The van der Waals surface area contributed by atoms with Gasteiger partial charge in [-0.2, -0.15) is 18.3 Å². The van der Waals surface area contributed by atoms with Crippen molar-refractivity contribution in [3.05, 3.63) is 81.6 Å². The summed E-state index contributed by atoms with van der Waals surface area (Å²) in [5.74, 6) is -1.29. The predicted molar refractivity (Wildman–Crippen MR) is 124 cm³/mol. The summed E-state index contributed by atoms with van der Waals surface area (Å²) in [5, 5.41) is 6.75. The summed E-state index contributed by atoms with van der Waals surface area (Å²) >= 11 is 6.47. The fourth-order valence-electron chi connectivity index (χ4n) is 3.46. The molecular weight excluding hydrogens is 469 g/mol. The van der Waals surface area contributed by atoms with Gasteiger partial charge in [-0.3, -0.25) is 9.59 Å². The monoisotopic (exact) mass is 492 g/mol. The Morgan fingerprint density at radius 1 is 1.09 bits per heavy atom. The van der Waals surface area contributed by atoms with Crippen LogP contribution in [-0.4, -0.2) is 39.6 Å². The Bertz CT molecular complexity index is 1190. The van der Waals surface area contributed by atoms with Gasteiger partial charge in [0.2, 0.25) is 5.91 Å². The van der Waals surface area contributed by atoms with Gasteiger partial charge in [0.25, 0.3) is 5.91 Å². The van der Waals surface area contributed by atoms with E-state index in [1.807, 2.05) is 31.2 Å². The minimum Gasteiger partial charge on any atom is -0.329 e. The summed E-state index contributed by atoms with van der Waals surface area (Å²) in [6.45, 7) is 5.33. The van der Waals surface area contributed by atoms with Crippen LogP contribution in [0.3, 0.4) is 0 Å². The van der Waals surface area contributed by atoms with Crippen molar-refractivity contribution in [3.63, 3.8) is 0 Å². The molecule has 0 fully saturated rings. The molecule has 0 bridgehead atoms. The molecule has 3 aromatic rings. The molecule has 180 valence electrons. The highest BCUT2D eigenvalue weighted by atomic mass is 35.5. The second-order valence-electron chi connectivity index (χ2n) is 7.81. The van der Waals surface area contributed by atoms with Crippen LogP contribution in [0.5, 0.6) is 0 Å². The maximum atomic E-state index is 13.2. The van der Waals surface area contributed by atoms with Gasteiger partial charge in [0.05, 0.1) is 29.1 Å². The number of alkyl halides is 3. The maximum Gasteiger partial charge on any atom is 0.418 e. The number of rotatable bonds is 7. The number of carbonyl (C=O) groups is 2. The van der Waals surface area contributed by atoms with Crippen LogP contribution in [0.4, 0.5) is 18.9 Å². The first kappa shape index (κ1) is 25.3. The summed E-state index contributed by atoms with van der Waals surface area (Å²) in [4.78, 5) is 26.9. The number of para-hydroxylation sites is 1. The average molecular weight is 493 g/mol. The lowest BCUT2D eigenvalue weighted by Crippen LogP contribution is -2.38. The van der Waals surface area contributed by atoms with E-state index in [1.54, 1.807) is 13.8 Å². The minimum atomic E-state index is -4.62. The molecule has 34 heavy (non-hydrogen) atoms. The number of anilines is 1. The summed E-state index contributed by atoms with van der Waals surface area (Å²) in [6.07, 6.45) is -4.62. The molecule has 2 amide bonds. The van der Waals surface area contributed by atoms with Gasteiger partial charge < -0.3 is 10.2 Å². The molecule has 0 radical (unpaired) electrons. The van der Waals surface area contributed by atoms with Crippen LogP contribution in [-0.2, 0) is 17.5 Å². The quantitative estimate of drug-likeness (QED) is 0.485. The number of nitrogens with zero attached hydrogens (tertiary/aromatic N) is 3. The Kier molecular flexibility index (Phi) is 7.66. The third kappa shape index (κ3) is 5.77. The molecule has 0 aliphatic heterocycles. The molecule has 3 rings (SSSR count). The van der Waals surface area contributed by atoms with E-state index >= 15 is 0 Å². The Hall–Kier alpha value is -3.33. The highest BCUT2D eigenvalue weighted by molar-refractivity contribution is 6.33. The van der Waals surface area contributed by atoms with Crippen LogP contribution in [0, 0.1) is 13.8 Å². The summed E-state index contributed by atoms with van der Waals surface area (Å²) in [6, 6.07) is 12.5. The molecule has 0 saturated heterocycles. The second kappa shape index (κ2) is 10.3. The van der Waals surface area contributed by atoms with E-state index in [2.05, 4.69) is 10.4 Å². The molecule has 0 unspecified atom stereocenters. The highest BCUT2D eigenvalue weighted by Crippen LogP contribution is 2.34. The van der Waals surface area contributed by atoms with Crippen molar-refractivity contribution in [2.75, 3.05) is 18.4 Å².